The molecule has 1 aliphatic rings. The third-order valence-corrected chi connectivity index (χ3v) is 3.79. The van der Waals surface area contributed by atoms with Crippen molar-refractivity contribution in [3.05, 3.63) is 69.8 Å². The molecule has 1 unspecified atom stereocenters. The van der Waals surface area contributed by atoms with Crippen LogP contribution >= 0.6 is 0 Å². The van der Waals surface area contributed by atoms with Crippen LogP contribution in [0.2, 0.25) is 0 Å². The van der Waals surface area contributed by atoms with Crippen LogP contribution < -0.4 is 5.43 Å². The molecule has 0 aliphatic carbocycles. The van der Waals surface area contributed by atoms with Gasteiger partial charge in [-0.2, -0.15) is 0 Å². The number of carbonyl (C=O) groups is 1. The molecule has 2 aromatic rings. The largest absolute Gasteiger partial charge is 0.295 e. The summed E-state index contributed by atoms with van der Waals surface area (Å²) in [6.45, 7) is 1.52. The van der Waals surface area contributed by atoms with Crippen LogP contribution in [0.4, 0.5) is 11.4 Å². The molecule has 1 N–H and O–H groups in total. The van der Waals surface area contributed by atoms with E-state index in [0.717, 1.165) is 16.8 Å². The van der Waals surface area contributed by atoms with Gasteiger partial charge in [0.05, 0.1) is 16.7 Å². The first-order chi connectivity index (χ1) is 10.6. The van der Waals surface area contributed by atoms with Gasteiger partial charge in [0, 0.05) is 24.6 Å². The van der Waals surface area contributed by atoms with E-state index in [4.69, 9.17) is 0 Å². The Bertz CT molecular complexity index is 728. The standard InChI is InChI=1S/C16H15N3O3/c1-11(20)18-16(14-4-2-3-5-15(14)17-18)10-12-6-8-13(9-7-12)19(21)22/h2-9,16-17H,10H2,1H3. The minimum Gasteiger partial charge on any atom is -0.295 e. The van der Waals surface area contributed by atoms with E-state index in [0.29, 0.717) is 6.42 Å². The normalized spacial score (nSPS) is 16.0. The van der Waals surface area contributed by atoms with E-state index in [1.54, 1.807) is 17.1 Å². The highest BCUT2D eigenvalue weighted by Gasteiger charge is 2.31. The summed E-state index contributed by atoms with van der Waals surface area (Å²) in [5.41, 5.74) is 6.09. The third-order valence-electron chi connectivity index (χ3n) is 3.79. The number of nitrogens with one attached hydrogen (secondary N) is 1. The molecule has 6 heteroatoms. The minimum atomic E-state index is -0.419. The summed E-state index contributed by atoms with van der Waals surface area (Å²) in [6.07, 6.45) is 0.599. The van der Waals surface area contributed by atoms with Crippen molar-refractivity contribution in [2.24, 2.45) is 0 Å². The van der Waals surface area contributed by atoms with Crippen molar-refractivity contribution >= 4 is 17.3 Å². The molecular weight excluding hydrogens is 282 g/mol. The second-order valence-electron chi connectivity index (χ2n) is 5.23. The molecule has 0 spiro atoms. The Morgan fingerprint density at radius 3 is 2.55 bits per heavy atom. The number of hydrogen-bond acceptors (Lipinski definition) is 4. The number of amides is 1. The number of carbonyl (C=O) groups excluding carboxylic acids is 1. The van der Waals surface area contributed by atoms with E-state index in [9.17, 15) is 14.9 Å². The topological polar surface area (TPSA) is 75.5 Å². The van der Waals surface area contributed by atoms with Gasteiger partial charge in [0.2, 0.25) is 5.91 Å². The van der Waals surface area contributed by atoms with Crippen molar-refractivity contribution < 1.29 is 9.72 Å². The number of anilines is 1. The zero-order valence-corrected chi connectivity index (χ0v) is 12.0. The van der Waals surface area contributed by atoms with Crippen molar-refractivity contribution in [2.45, 2.75) is 19.4 Å². The lowest BCUT2D eigenvalue weighted by molar-refractivity contribution is -0.384. The summed E-state index contributed by atoms with van der Waals surface area (Å²) >= 11 is 0. The molecule has 0 fully saturated rings. The molecule has 0 bridgehead atoms. The van der Waals surface area contributed by atoms with Crippen LogP contribution in [-0.4, -0.2) is 15.8 Å². The first-order valence-corrected chi connectivity index (χ1v) is 6.95. The summed E-state index contributed by atoms with van der Waals surface area (Å²) in [5.74, 6) is -0.0666. The third kappa shape index (κ3) is 2.50. The molecule has 1 amide bonds. The average molecular weight is 297 g/mol. The summed E-state index contributed by atoms with van der Waals surface area (Å²) in [5, 5.41) is 12.3. The highest BCUT2D eigenvalue weighted by Crippen LogP contribution is 2.37. The molecule has 112 valence electrons. The first-order valence-electron chi connectivity index (χ1n) is 6.95. The van der Waals surface area contributed by atoms with Crippen molar-refractivity contribution in [1.29, 1.82) is 0 Å². The van der Waals surface area contributed by atoms with Crippen LogP contribution in [0.1, 0.15) is 24.1 Å². The minimum absolute atomic E-state index is 0.0666. The number of benzene rings is 2. The number of rotatable bonds is 3. The van der Waals surface area contributed by atoms with Gasteiger partial charge in [-0.15, -0.1) is 0 Å². The Morgan fingerprint density at radius 2 is 1.91 bits per heavy atom. The van der Waals surface area contributed by atoms with E-state index in [-0.39, 0.29) is 17.6 Å². The molecule has 6 nitrogen and oxygen atoms in total. The van der Waals surface area contributed by atoms with Crippen LogP contribution in [0.15, 0.2) is 48.5 Å². The Balaban J connectivity index is 1.88. The van der Waals surface area contributed by atoms with E-state index in [1.807, 2.05) is 24.3 Å². The summed E-state index contributed by atoms with van der Waals surface area (Å²) in [4.78, 5) is 22.1. The first kappa shape index (κ1) is 14.1. The number of hydrazine groups is 1. The number of non-ortho nitro benzene ring substituents is 1. The summed E-state index contributed by atoms with van der Waals surface area (Å²) < 4.78 is 0. The number of nitro groups is 1. The van der Waals surface area contributed by atoms with Gasteiger partial charge < -0.3 is 0 Å². The predicted molar refractivity (Wildman–Crippen MR) is 82.1 cm³/mol. The number of hydrogen-bond donors (Lipinski definition) is 1. The van der Waals surface area contributed by atoms with E-state index >= 15 is 0 Å². The van der Waals surface area contributed by atoms with Crippen molar-refractivity contribution in [3.63, 3.8) is 0 Å². The van der Waals surface area contributed by atoms with Crippen LogP contribution in [0.25, 0.3) is 0 Å². The van der Waals surface area contributed by atoms with Gasteiger partial charge in [-0.1, -0.05) is 30.3 Å². The van der Waals surface area contributed by atoms with Gasteiger partial charge in [-0.3, -0.25) is 20.3 Å². The Morgan fingerprint density at radius 1 is 1.23 bits per heavy atom. The maximum absolute atomic E-state index is 11.8. The molecule has 2 aromatic carbocycles. The zero-order valence-electron chi connectivity index (χ0n) is 12.0. The van der Waals surface area contributed by atoms with Crippen LogP contribution in [0.5, 0.6) is 0 Å². The van der Waals surface area contributed by atoms with Gasteiger partial charge >= 0.3 is 0 Å². The number of nitrogens with zero attached hydrogens (tertiary/aromatic N) is 2. The van der Waals surface area contributed by atoms with E-state index in [2.05, 4.69) is 5.43 Å². The second-order valence-corrected chi connectivity index (χ2v) is 5.23. The molecule has 1 aliphatic heterocycles. The van der Waals surface area contributed by atoms with Gasteiger partial charge in [-0.05, 0) is 18.1 Å². The lowest BCUT2D eigenvalue weighted by atomic mass is 9.98. The van der Waals surface area contributed by atoms with Crippen LogP contribution in [0.3, 0.4) is 0 Å². The lowest BCUT2D eigenvalue weighted by Crippen LogP contribution is -2.33. The lowest BCUT2D eigenvalue weighted by Gasteiger charge is -2.23. The zero-order chi connectivity index (χ0) is 15.7. The fourth-order valence-electron chi connectivity index (χ4n) is 2.71. The molecule has 22 heavy (non-hydrogen) atoms. The van der Waals surface area contributed by atoms with Crippen molar-refractivity contribution in [1.82, 2.24) is 5.01 Å². The molecule has 1 heterocycles. The maximum Gasteiger partial charge on any atom is 0.269 e. The van der Waals surface area contributed by atoms with E-state index in [1.165, 1.54) is 19.1 Å². The molecule has 0 radical (unpaired) electrons. The summed E-state index contributed by atoms with van der Waals surface area (Å²) in [7, 11) is 0. The Labute approximate surface area is 127 Å². The van der Waals surface area contributed by atoms with Crippen LogP contribution in [0, 0.1) is 10.1 Å². The highest BCUT2D eigenvalue weighted by molar-refractivity contribution is 5.78. The van der Waals surface area contributed by atoms with Gasteiger partial charge in [-0.25, -0.2) is 5.01 Å². The quantitative estimate of drug-likeness (QED) is 0.698. The van der Waals surface area contributed by atoms with Gasteiger partial charge in [0.25, 0.3) is 5.69 Å². The SMILES string of the molecule is CC(=O)N1Nc2ccccc2C1Cc1ccc([N+](=O)[O-])cc1. The number of fused-ring (bicyclic) bond motifs is 1. The molecule has 0 aromatic heterocycles. The average Bonchev–Trinajstić information content (AvgIpc) is 2.87. The smallest absolute Gasteiger partial charge is 0.269 e. The Hall–Kier alpha value is -2.89. The molecule has 1 atom stereocenters. The fourth-order valence-corrected chi connectivity index (χ4v) is 2.71. The van der Waals surface area contributed by atoms with Crippen molar-refractivity contribution in [3.8, 4) is 0 Å². The second kappa shape index (κ2) is 5.48. The maximum atomic E-state index is 11.8. The Kier molecular flexibility index (Phi) is 3.50. The van der Waals surface area contributed by atoms with E-state index < -0.39 is 4.92 Å². The molecule has 0 saturated carbocycles. The van der Waals surface area contributed by atoms with Gasteiger partial charge in [0.15, 0.2) is 0 Å². The monoisotopic (exact) mass is 297 g/mol. The predicted octanol–water partition coefficient (Wildman–Crippen LogP) is 3.07. The number of nitro benzene ring substituents is 1. The molecular formula is C16H15N3O3. The number of para-hydroxylation sites is 1. The fraction of sp³-hybridized carbons (Fsp3) is 0.188. The van der Waals surface area contributed by atoms with Crippen LogP contribution in [-0.2, 0) is 11.2 Å². The summed E-state index contributed by atoms with van der Waals surface area (Å²) in [6, 6.07) is 14.1. The molecule has 3 rings (SSSR count). The van der Waals surface area contributed by atoms with Crippen molar-refractivity contribution in [2.75, 3.05) is 5.43 Å². The van der Waals surface area contributed by atoms with Gasteiger partial charge in [0.1, 0.15) is 0 Å². The highest BCUT2D eigenvalue weighted by atomic mass is 16.6. The molecule has 0 saturated heterocycles.